The molecule has 1 aromatic carbocycles. The van der Waals surface area contributed by atoms with Gasteiger partial charge >= 0.3 is 0 Å². The molecule has 1 amide bonds. The first-order valence-electron chi connectivity index (χ1n) is 7.18. The van der Waals surface area contributed by atoms with Crippen LogP contribution in [0.25, 0.3) is 0 Å². The van der Waals surface area contributed by atoms with E-state index >= 15 is 0 Å². The quantitative estimate of drug-likeness (QED) is 0.788. The van der Waals surface area contributed by atoms with Crippen molar-refractivity contribution in [3.8, 4) is 0 Å². The van der Waals surface area contributed by atoms with Crippen molar-refractivity contribution in [1.29, 1.82) is 0 Å². The second kappa shape index (κ2) is 5.43. The van der Waals surface area contributed by atoms with E-state index in [1.165, 1.54) is 34.8 Å². The van der Waals surface area contributed by atoms with Crippen LogP contribution in [0, 0.1) is 28.2 Å². The highest BCUT2D eigenvalue weighted by molar-refractivity contribution is 14.1. The van der Waals surface area contributed by atoms with Crippen molar-refractivity contribution >= 4 is 34.2 Å². The molecule has 1 aromatic rings. The van der Waals surface area contributed by atoms with Crippen LogP contribution in [0.4, 0.5) is 5.69 Å². The number of aryl methyl sites for hydroxylation is 1. The second-order valence-corrected chi connectivity index (χ2v) is 7.31. The van der Waals surface area contributed by atoms with Crippen molar-refractivity contribution < 1.29 is 4.79 Å². The highest BCUT2D eigenvalue weighted by atomic mass is 127. The third kappa shape index (κ3) is 2.96. The average molecular weight is 369 g/mol. The molecule has 2 saturated carbocycles. The Balaban J connectivity index is 1.57. The normalized spacial score (nSPS) is 28.6. The molecule has 102 valence electrons. The Morgan fingerprint density at radius 1 is 1.37 bits per heavy atom. The molecule has 0 spiro atoms. The fourth-order valence-corrected chi connectivity index (χ4v) is 4.26. The number of nitrogens with one attached hydrogen (secondary N) is 1. The summed E-state index contributed by atoms with van der Waals surface area (Å²) >= 11 is 2.31. The molecule has 2 bridgehead atoms. The SMILES string of the molecule is Cc1ccc(NC(=O)C[C@H]2C[C@@H]3CC[C@@H]2C3)cc1I. The van der Waals surface area contributed by atoms with Gasteiger partial charge in [0.05, 0.1) is 0 Å². The molecule has 3 rings (SSSR count). The Hall–Kier alpha value is -0.580. The lowest BCUT2D eigenvalue weighted by molar-refractivity contribution is -0.117. The summed E-state index contributed by atoms with van der Waals surface area (Å²) in [5.41, 5.74) is 2.19. The first-order chi connectivity index (χ1) is 9.11. The first-order valence-corrected chi connectivity index (χ1v) is 8.25. The Morgan fingerprint density at radius 2 is 2.21 bits per heavy atom. The zero-order valence-electron chi connectivity index (χ0n) is 11.3. The third-order valence-electron chi connectivity index (χ3n) is 4.79. The number of fused-ring (bicyclic) bond motifs is 2. The van der Waals surface area contributed by atoms with Crippen molar-refractivity contribution in [2.45, 2.75) is 39.0 Å². The van der Waals surface area contributed by atoms with E-state index in [4.69, 9.17) is 0 Å². The molecule has 2 aliphatic rings. The number of carbonyl (C=O) groups is 1. The average Bonchev–Trinajstić information content (AvgIpc) is 2.96. The van der Waals surface area contributed by atoms with Crippen molar-refractivity contribution in [1.82, 2.24) is 0 Å². The van der Waals surface area contributed by atoms with E-state index in [0.717, 1.165) is 17.5 Å². The molecule has 0 aliphatic heterocycles. The molecule has 2 fully saturated rings. The third-order valence-corrected chi connectivity index (χ3v) is 5.95. The van der Waals surface area contributed by atoms with Crippen molar-refractivity contribution in [3.63, 3.8) is 0 Å². The van der Waals surface area contributed by atoms with Gasteiger partial charge in [-0.1, -0.05) is 12.5 Å². The number of hydrogen-bond acceptors (Lipinski definition) is 1. The maximum absolute atomic E-state index is 12.1. The van der Waals surface area contributed by atoms with Crippen LogP contribution in [0.3, 0.4) is 0 Å². The summed E-state index contributed by atoms with van der Waals surface area (Å²) in [5.74, 6) is 2.58. The largest absolute Gasteiger partial charge is 0.326 e. The number of halogens is 1. The van der Waals surface area contributed by atoms with E-state index in [1.807, 2.05) is 6.07 Å². The van der Waals surface area contributed by atoms with Crippen LogP contribution in [0.5, 0.6) is 0 Å². The lowest BCUT2D eigenvalue weighted by Crippen LogP contribution is -2.20. The standard InChI is InChI=1S/C16H20INO/c1-10-2-5-14(9-15(10)17)18-16(19)8-13-7-11-3-4-12(13)6-11/h2,5,9,11-13H,3-4,6-8H2,1H3,(H,18,19)/t11-,12-,13-/m1/s1. The van der Waals surface area contributed by atoms with Gasteiger partial charge in [-0.3, -0.25) is 4.79 Å². The lowest BCUT2D eigenvalue weighted by atomic mass is 9.86. The van der Waals surface area contributed by atoms with E-state index < -0.39 is 0 Å². The predicted octanol–water partition coefficient (Wildman–Crippen LogP) is 4.36. The lowest BCUT2D eigenvalue weighted by Gasteiger charge is -2.21. The number of hydrogen-bond donors (Lipinski definition) is 1. The molecular formula is C16H20INO. The smallest absolute Gasteiger partial charge is 0.224 e. The van der Waals surface area contributed by atoms with Crippen molar-refractivity contribution in [2.24, 2.45) is 17.8 Å². The second-order valence-electron chi connectivity index (χ2n) is 6.15. The monoisotopic (exact) mass is 369 g/mol. The van der Waals surface area contributed by atoms with Crippen LogP contribution in [0.1, 0.15) is 37.7 Å². The minimum atomic E-state index is 0.192. The first kappa shape index (κ1) is 13.4. The summed E-state index contributed by atoms with van der Waals surface area (Å²) in [7, 11) is 0. The molecule has 0 saturated heterocycles. The molecule has 0 heterocycles. The number of anilines is 1. The van der Waals surface area contributed by atoms with Crippen LogP contribution in [0.2, 0.25) is 0 Å². The minimum Gasteiger partial charge on any atom is -0.326 e. The molecule has 2 aliphatic carbocycles. The summed E-state index contributed by atoms with van der Waals surface area (Å²) in [5, 5.41) is 3.05. The maximum atomic E-state index is 12.1. The van der Waals surface area contributed by atoms with E-state index in [2.05, 4.69) is 47.0 Å². The van der Waals surface area contributed by atoms with Crippen LogP contribution in [-0.4, -0.2) is 5.91 Å². The van der Waals surface area contributed by atoms with Gasteiger partial charge in [0.1, 0.15) is 0 Å². The molecule has 0 aromatic heterocycles. The van der Waals surface area contributed by atoms with Crippen molar-refractivity contribution in [3.05, 3.63) is 27.3 Å². The van der Waals surface area contributed by atoms with E-state index in [-0.39, 0.29) is 5.91 Å². The summed E-state index contributed by atoms with van der Waals surface area (Å²) in [4.78, 5) is 12.1. The zero-order valence-corrected chi connectivity index (χ0v) is 13.4. The van der Waals surface area contributed by atoms with Gasteiger partial charge in [0.25, 0.3) is 0 Å². The van der Waals surface area contributed by atoms with E-state index in [0.29, 0.717) is 12.3 Å². The fraction of sp³-hybridized carbons (Fsp3) is 0.562. The van der Waals surface area contributed by atoms with Gasteiger partial charge in [-0.2, -0.15) is 0 Å². The van der Waals surface area contributed by atoms with Gasteiger partial charge < -0.3 is 5.32 Å². The number of carbonyl (C=O) groups excluding carboxylic acids is 1. The zero-order chi connectivity index (χ0) is 13.4. The Morgan fingerprint density at radius 3 is 2.84 bits per heavy atom. The van der Waals surface area contributed by atoms with Crippen LogP contribution in [0.15, 0.2) is 18.2 Å². The summed E-state index contributed by atoms with van der Waals surface area (Å²) in [6, 6.07) is 6.11. The van der Waals surface area contributed by atoms with Gasteiger partial charge in [0, 0.05) is 15.7 Å². The summed E-state index contributed by atoms with van der Waals surface area (Å²) in [6.07, 6.45) is 6.12. The van der Waals surface area contributed by atoms with E-state index in [9.17, 15) is 4.79 Å². The summed E-state index contributed by atoms with van der Waals surface area (Å²) in [6.45, 7) is 2.09. The number of amides is 1. The molecule has 0 unspecified atom stereocenters. The molecular weight excluding hydrogens is 349 g/mol. The highest BCUT2D eigenvalue weighted by Gasteiger charge is 2.40. The molecule has 19 heavy (non-hydrogen) atoms. The minimum absolute atomic E-state index is 0.192. The molecule has 0 radical (unpaired) electrons. The fourth-order valence-electron chi connectivity index (χ4n) is 3.75. The number of benzene rings is 1. The maximum Gasteiger partial charge on any atom is 0.224 e. The van der Waals surface area contributed by atoms with E-state index in [1.54, 1.807) is 0 Å². The Labute approximate surface area is 128 Å². The van der Waals surface area contributed by atoms with Gasteiger partial charge in [-0.25, -0.2) is 0 Å². The van der Waals surface area contributed by atoms with Gasteiger partial charge in [-0.15, -0.1) is 0 Å². The van der Waals surface area contributed by atoms with Gasteiger partial charge in [0.15, 0.2) is 0 Å². The van der Waals surface area contributed by atoms with Gasteiger partial charge in [0.2, 0.25) is 5.91 Å². The number of rotatable bonds is 3. The summed E-state index contributed by atoms with van der Waals surface area (Å²) < 4.78 is 1.20. The van der Waals surface area contributed by atoms with Crippen LogP contribution in [-0.2, 0) is 4.79 Å². The predicted molar refractivity (Wildman–Crippen MR) is 86.1 cm³/mol. The molecule has 2 nitrogen and oxygen atoms in total. The van der Waals surface area contributed by atoms with Gasteiger partial charge in [-0.05, 0) is 84.2 Å². The molecule has 3 heteroatoms. The Bertz CT molecular complexity index is 500. The van der Waals surface area contributed by atoms with Crippen molar-refractivity contribution in [2.75, 3.05) is 5.32 Å². The van der Waals surface area contributed by atoms with Crippen LogP contribution < -0.4 is 5.32 Å². The van der Waals surface area contributed by atoms with Crippen LogP contribution >= 0.6 is 22.6 Å². The topological polar surface area (TPSA) is 29.1 Å². The highest BCUT2D eigenvalue weighted by Crippen LogP contribution is 2.49. The molecule has 1 N–H and O–H groups in total. The Kier molecular flexibility index (Phi) is 3.83. The molecule has 3 atom stereocenters.